The van der Waals surface area contributed by atoms with Gasteiger partial charge < -0.3 is 10.6 Å². The van der Waals surface area contributed by atoms with Crippen LogP contribution in [0.5, 0.6) is 0 Å². The van der Waals surface area contributed by atoms with Crippen LogP contribution < -0.4 is 10.6 Å². The van der Waals surface area contributed by atoms with Gasteiger partial charge in [0.25, 0.3) is 0 Å². The van der Waals surface area contributed by atoms with E-state index in [9.17, 15) is 4.79 Å². The van der Waals surface area contributed by atoms with Gasteiger partial charge in [-0.1, -0.05) is 19.8 Å². The lowest BCUT2D eigenvalue weighted by atomic mass is 9.84. The first-order valence-electron chi connectivity index (χ1n) is 6.82. The zero-order chi connectivity index (χ0) is 11.4. The Labute approximate surface area is 98.4 Å². The van der Waals surface area contributed by atoms with Crippen molar-refractivity contribution in [1.82, 2.24) is 10.6 Å². The molecule has 3 heteroatoms. The van der Waals surface area contributed by atoms with Crippen LogP contribution in [0.4, 0.5) is 0 Å². The summed E-state index contributed by atoms with van der Waals surface area (Å²) in [6.45, 7) is 4.19. The molecule has 2 unspecified atom stereocenters. The quantitative estimate of drug-likeness (QED) is 0.763. The Morgan fingerprint density at radius 3 is 2.75 bits per heavy atom. The first-order valence-corrected chi connectivity index (χ1v) is 6.82. The monoisotopic (exact) mass is 224 g/mol. The molecule has 1 saturated carbocycles. The molecule has 1 aliphatic heterocycles. The highest BCUT2D eigenvalue weighted by atomic mass is 16.1. The molecule has 2 rings (SSSR count). The van der Waals surface area contributed by atoms with Gasteiger partial charge in [-0.2, -0.15) is 0 Å². The van der Waals surface area contributed by atoms with E-state index in [0.29, 0.717) is 12.0 Å². The third-order valence-electron chi connectivity index (χ3n) is 4.22. The summed E-state index contributed by atoms with van der Waals surface area (Å²) in [5, 5.41) is 6.65. The normalized spacial score (nSPS) is 30.8. The standard InChI is InChI=1S/C13H24N2O/c1-2-10-7-4-8-14-12(10)9-15-13(16)11-5-3-6-11/h10-12,14H,2-9H2,1H3,(H,15,16). The molecule has 1 saturated heterocycles. The van der Waals surface area contributed by atoms with Gasteiger partial charge in [0.15, 0.2) is 0 Å². The molecular formula is C13H24N2O. The van der Waals surface area contributed by atoms with Crippen LogP contribution in [-0.2, 0) is 4.79 Å². The summed E-state index contributed by atoms with van der Waals surface area (Å²) in [6, 6.07) is 0.503. The molecule has 0 aromatic rings. The molecular weight excluding hydrogens is 200 g/mol. The number of rotatable bonds is 4. The molecule has 16 heavy (non-hydrogen) atoms. The zero-order valence-corrected chi connectivity index (χ0v) is 10.3. The minimum Gasteiger partial charge on any atom is -0.354 e. The Kier molecular flexibility index (Phi) is 4.22. The van der Waals surface area contributed by atoms with E-state index in [1.54, 1.807) is 0 Å². The highest BCUT2D eigenvalue weighted by Gasteiger charge is 2.27. The van der Waals surface area contributed by atoms with E-state index in [4.69, 9.17) is 0 Å². The first kappa shape index (κ1) is 11.9. The molecule has 2 aliphatic rings. The Hall–Kier alpha value is -0.570. The van der Waals surface area contributed by atoms with Crippen molar-refractivity contribution in [3.8, 4) is 0 Å². The van der Waals surface area contributed by atoms with Gasteiger partial charge in [-0.3, -0.25) is 4.79 Å². The lowest BCUT2D eigenvalue weighted by molar-refractivity contribution is -0.127. The van der Waals surface area contributed by atoms with Crippen LogP contribution in [0, 0.1) is 11.8 Å². The van der Waals surface area contributed by atoms with Gasteiger partial charge >= 0.3 is 0 Å². The minimum atomic E-state index is 0.286. The summed E-state index contributed by atoms with van der Waals surface area (Å²) in [7, 11) is 0. The molecule has 2 fully saturated rings. The van der Waals surface area contributed by atoms with Gasteiger partial charge in [-0.25, -0.2) is 0 Å². The molecule has 2 N–H and O–H groups in total. The number of nitrogens with one attached hydrogen (secondary N) is 2. The summed E-state index contributed by atoms with van der Waals surface area (Å²) < 4.78 is 0. The molecule has 0 radical (unpaired) electrons. The molecule has 92 valence electrons. The molecule has 3 nitrogen and oxygen atoms in total. The van der Waals surface area contributed by atoms with Crippen molar-refractivity contribution in [2.45, 2.75) is 51.5 Å². The lowest BCUT2D eigenvalue weighted by Crippen LogP contribution is -2.49. The Bertz CT molecular complexity index is 238. The molecule has 2 atom stereocenters. The van der Waals surface area contributed by atoms with E-state index in [2.05, 4.69) is 17.6 Å². The predicted molar refractivity (Wildman–Crippen MR) is 65.2 cm³/mol. The lowest BCUT2D eigenvalue weighted by Gasteiger charge is -2.33. The third kappa shape index (κ3) is 2.76. The second-order valence-electron chi connectivity index (χ2n) is 5.24. The van der Waals surface area contributed by atoms with E-state index in [1.807, 2.05) is 0 Å². The molecule has 1 heterocycles. The fraction of sp³-hybridized carbons (Fsp3) is 0.923. The summed E-state index contributed by atoms with van der Waals surface area (Å²) in [5.41, 5.74) is 0. The highest BCUT2D eigenvalue weighted by Crippen LogP contribution is 2.26. The van der Waals surface area contributed by atoms with Crippen LogP contribution in [0.15, 0.2) is 0 Å². The maximum atomic E-state index is 11.7. The van der Waals surface area contributed by atoms with Crippen molar-refractivity contribution >= 4 is 5.91 Å². The van der Waals surface area contributed by atoms with E-state index in [1.165, 1.54) is 25.7 Å². The fourth-order valence-electron chi connectivity index (χ4n) is 2.77. The van der Waals surface area contributed by atoms with Crippen molar-refractivity contribution in [3.05, 3.63) is 0 Å². The Morgan fingerprint density at radius 1 is 1.31 bits per heavy atom. The predicted octanol–water partition coefficient (Wildman–Crippen LogP) is 1.68. The Morgan fingerprint density at radius 2 is 2.12 bits per heavy atom. The van der Waals surface area contributed by atoms with Crippen LogP contribution in [0.2, 0.25) is 0 Å². The van der Waals surface area contributed by atoms with Gasteiger partial charge in [0.05, 0.1) is 0 Å². The number of amides is 1. The van der Waals surface area contributed by atoms with Gasteiger partial charge in [0.2, 0.25) is 5.91 Å². The Balaban J connectivity index is 1.72. The third-order valence-corrected chi connectivity index (χ3v) is 4.22. The van der Waals surface area contributed by atoms with Crippen LogP contribution >= 0.6 is 0 Å². The number of carbonyl (C=O) groups excluding carboxylic acids is 1. The number of hydrogen-bond acceptors (Lipinski definition) is 2. The minimum absolute atomic E-state index is 0.286. The summed E-state index contributed by atoms with van der Waals surface area (Å²) in [5.74, 6) is 1.35. The average Bonchev–Trinajstić information content (AvgIpc) is 2.24. The molecule has 0 aromatic heterocycles. The van der Waals surface area contributed by atoms with E-state index >= 15 is 0 Å². The summed E-state index contributed by atoms with van der Waals surface area (Å²) in [6.07, 6.45) is 7.25. The van der Waals surface area contributed by atoms with Crippen molar-refractivity contribution in [3.63, 3.8) is 0 Å². The molecule has 1 aliphatic carbocycles. The smallest absolute Gasteiger partial charge is 0.223 e. The van der Waals surface area contributed by atoms with Crippen LogP contribution in [-0.4, -0.2) is 25.0 Å². The molecule has 1 amide bonds. The van der Waals surface area contributed by atoms with Crippen LogP contribution in [0.3, 0.4) is 0 Å². The summed E-state index contributed by atoms with van der Waals surface area (Å²) >= 11 is 0. The topological polar surface area (TPSA) is 41.1 Å². The second kappa shape index (κ2) is 5.67. The SMILES string of the molecule is CCC1CCCNC1CNC(=O)C1CCC1. The van der Waals surface area contributed by atoms with Crippen molar-refractivity contribution < 1.29 is 4.79 Å². The maximum Gasteiger partial charge on any atom is 0.223 e. The van der Waals surface area contributed by atoms with E-state index in [-0.39, 0.29) is 5.91 Å². The van der Waals surface area contributed by atoms with E-state index < -0.39 is 0 Å². The highest BCUT2D eigenvalue weighted by molar-refractivity contribution is 5.79. The molecule has 0 aromatic carbocycles. The number of hydrogen-bond donors (Lipinski definition) is 2. The van der Waals surface area contributed by atoms with Crippen molar-refractivity contribution in [1.29, 1.82) is 0 Å². The van der Waals surface area contributed by atoms with Crippen LogP contribution in [0.25, 0.3) is 0 Å². The van der Waals surface area contributed by atoms with Crippen LogP contribution in [0.1, 0.15) is 45.4 Å². The average molecular weight is 224 g/mol. The van der Waals surface area contributed by atoms with Crippen molar-refractivity contribution in [2.24, 2.45) is 11.8 Å². The van der Waals surface area contributed by atoms with Crippen molar-refractivity contribution in [2.75, 3.05) is 13.1 Å². The summed E-state index contributed by atoms with van der Waals surface area (Å²) in [4.78, 5) is 11.7. The maximum absolute atomic E-state index is 11.7. The largest absolute Gasteiger partial charge is 0.354 e. The molecule has 0 spiro atoms. The number of carbonyl (C=O) groups is 1. The first-order chi connectivity index (χ1) is 7.81. The fourth-order valence-corrected chi connectivity index (χ4v) is 2.77. The number of piperidine rings is 1. The second-order valence-corrected chi connectivity index (χ2v) is 5.24. The van der Waals surface area contributed by atoms with E-state index in [0.717, 1.165) is 31.8 Å². The zero-order valence-electron chi connectivity index (χ0n) is 10.3. The molecule has 0 bridgehead atoms. The van der Waals surface area contributed by atoms with Gasteiger partial charge in [-0.05, 0) is 38.1 Å². The van der Waals surface area contributed by atoms with Gasteiger partial charge in [-0.15, -0.1) is 0 Å². The van der Waals surface area contributed by atoms with Gasteiger partial charge in [0, 0.05) is 18.5 Å². The van der Waals surface area contributed by atoms with Gasteiger partial charge in [0.1, 0.15) is 0 Å².